The number of aryl methyl sites for hydroxylation is 2. The molecule has 1 saturated carbocycles. The van der Waals surface area contributed by atoms with Gasteiger partial charge in [-0.2, -0.15) is 5.26 Å². The van der Waals surface area contributed by atoms with Gasteiger partial charge in [0.1, 0.15) is 11.7 Å². The van der Waals surface area contributed by atoms with Gasteiger partial charge in [0.05, 0.1) is 11.8 Å². The van der Waals surface area contributed by atoms with Crippen LogP contribution in [-0.2, 0) is 9.59 Å². The van der Waals surface area contributed by atoms with E-state index in [-0.39, 0.29) is 18.1 Å². The number of nitrogens with zero attached hydrogens (tertiary/aromatic N) is 4. The summed E-state index contributed by atoms with van der Waals surface area (Å²) in [6.45, 7) is 4.75. The van der Waals surface area contributed by atoms with Gasteiger partial charge >= 0.3 is 0 Å². The number of carbonyl (C=O) groups excluding carboxylic acids is 2. The molecule has 2 heterocycles. The van der Waals surface area contributed by atoms with Gasteiger partial charge in [-0.3, -0.25) is 9.59 Å². The Hall–Kier alpha value is -2.29. The highest BCUT2D eigenvalue weighted by Gasteiger charge is 2.40. The molecule has 2 fully saturated rings. The van der Waals surface area contributed by atoms with Gasteiger partial charge in [0.15, 0.2) is 5.78 Å². The van der Waals surface area contributed by atoms with E-state index in [0.717, 1.165) is 12.2 Å². The number of Topliss-reactive ketones (excluding diaryl/α,β-unsaturated/α-hetero) is 1. The fourth-order valence-electron chi connectivity index (χ4n) is 3.16. The molecule has 120 valence electrons. The lowest BCUT2D eigenvalue weighted by atomic mass is 9.90. The number of carbonyl (C=O) groups is 2. The summed E-state index contributed by atoms with van der Waals surface area (Å²) in [6.07, 6.45) is 2.55. The lowest BCUT2D eigenvalue weighted by Gasteiger charge is -2.17. The van der Waals surface area contributed by atoms with Crippen LogP contribution in [0.2, 0.25) is 0 Å². The zero-order chi connectivity index (χ0) is 16.6. The Morgan fingerprint density at radius 2 is 2.17 bits per heavy atom. The number of amides is 1. The Bertz CT molecular complexity index is 670. The Morgan fingerprint density at radius 1 is 1.43 bits per heavy atom. The second kappa shape index (κ2) is 6.07. The second-order valence-electron chi connectivity index (χ2n) is 6.59. The van der Waals surface area contributed by atoms with E-state index in [2.05, 4.69) is 16.0 Å². The van der Waals surface area contributed by atoms with Crippen molar-refractivity contribution in [1.82, 2.24) is 14.9 Å². The Kier molecular flexibility index (Phi) is 4.12. The van der Waals surface area contributed by atoms with Crippen molar-refractivity contribution in [3.8, 4) is 6.07 Å². The molecule has 1 aromatic heterocycles. The van der Waals surface area contributed by atoms with Crippen molar-refractivity contribution in [1.29, 1.82) is 5.26 Å². The number of likely N-dealkylation sites (tertiary alicyclic amines) is 1. The van der Waals surface area contributed by atoms with Crippen LogP contribution in [0.15, 0.2) is 6.07 Å². The molecule has 1 aliphatic heterocycles. The largest absolute Gasteiger partial charge is 0.342 e. The molecule has 0 spiro atoms. The van der Waals surface area contributed by atoms with E-state index in [9.17, 15) is 14.9 Å². The highest BCUT2D eigenvalue weighted by Crippen LogP contribution is 2.33. The van der Waals surface area contributed by atoms with Crippen LogP contribution in [0.5, 0.6) is 0 Å². The van der Waals surface area contributed by atoms with Gasteiger partial charge in [0.25, 0.3) is 0 Å². The first kappa shape index (κ1) is 15.6. The van der Waals surface area contributed by atoms with Crippen LogP contribution in [0, 0.1) is 37.0 Å². The van der Waals surface area contributed by atoms with Gasteiger partial charge < -0.3 is 4.90 Å². The standard InChI is InChI=1S/C17H20N4O2/c1-10-5-15(20-11(2)19-10)14(7-18)17(23)13-6-16(22)21(9-13)8-12-3-4-12/h5,12-14H,3-4,6,8-9H2,1-2H3/t13-,14+/m1/s1. The SMILES string of the molecule is Cc1cc([C@H](C#N)C(=O)[C@@H]2CC(=O)N(CC3CC3)C2)nc(C)n1. The molecule has 0 aromatic carbocycles. The molecule has 6 heteroatoms. The first-order valence-electron chi connectivity index (χ1n) is 8.01. The maximum absolute atomic E-state index is 12.7. The first-order chi connectivity index (χ1) is 11.0. The van der Waals surface area contributed by atoms with Crippen molar-refractivity contribution in [2.75, 3.05) is 13.1 Å². The number of ketones is 1. The van der Waals surface area contributed by atoms with Crippen molar-refractivity contribution < 1.29 is 9.59 Å². The van der Waals surface area contributed by atoms with Crippen LogP contribution < -0.4 is 0 Å². The molecular formula is C17H20N4O2. The van der Waals surface area contributed by atoms with Gasteiger partial charge in [-0.05, 0) is 38.7 Å². The molecule has 23 heavy (non-hydrogen) atoms. The molecule has 0 bridgehead atoms. The second-order valence-corrected chi connectivity index (χ2v) is 6.59. The minimum absolute atomic E-state index is 0.0296. The van der Waals surface area contributed by atoms with Crippen molar-refractivity contribution in [2.45, 2.75) is 39.0 Å². The van der Waals surface area contributed by atoms with E-state index >= 15 is 0 Å². The molecule has 1 aliphatic carbocycles. The number of aromatic nitrogens is 2. The summed E-state index contributed by atoms with van der Waals surface area (Å²) in [4.78, 5) is 35.0. The van der Waals surface area contributed by atoms with E-state index in [1.165, 1.54) is 12.8 Å². The maximum Gasteiger partial charge on any atom is 0.223 e. The van der Waals surface area contributed by atoms with E-state index in [1.54, 1.807) is 17.9 Å². The minimum atomic E-state index is -0.922. The summed E-state index contributed by atoms with van der Waals surface area (Å²) in [7, 11) is 0. The van der Waals surface area contributed by atoms with Crippen LogP contribution in [-0.4, -0.2) is 39.6 Å². The zero-order valence-electron chi connectivity index (χ0n) is 13.5. The van der Waals surface area contributed by atoms with Gasteiger partial charge in [-0.25, -0.2) is 9.97 Å². The Balaban J connectivity index is 1.75. The third-order valence-electron chi connectivity index (χ3n) is 4.49. The first-order valence-corrected chi connectivity index (χ1v) is 8.01. The smallest absolute Gasteiger partial charge is 0.223 e. The van der Waals surface area contributed by atoms with Crippen LogP contribution in [0.25, 0.3) is 0 Å². The molecule has 1 amide bonds. The zero-order valence-corrected chi connectivity index (χ0v) is 13.5. The number of hydrogen-bond acceptors (Lipinski definition) is 5. The van der Waals surface area contributed by atoms with Gasteiger partial charge in [0, 0.05) is 31.1 Å². The topological polar surface area (TPSA) is 87.0 Å². The normalized spacial score (nSPS) is 22.0. The highest BCUT2D eigenvalue weighted by molar-refractivity contribution is 5.95. The monoisotopic (exact) mass is 312 g/mol. The summed E-state index contributed by atoms with van der Waals surface area (Å²) in [5.41, 5.74) is 1.18. The van der Waals surface area contributed by atoms with E-state index < -0.39 is 11.8 Å². The fourth-order valence-corrected chi connectivity index (χ4v) is 3.16. The van der Waals surface area contributed by atoms with Crippen molar-refractivity contribution in [2.24, 2.45) is 11.8 Å². The molecule has 6 nitrogen and oxygen atoms in total. The van der Waals surface area contributed by atoms with Crippen molar-refractivity contribution in [3.63, 3.8) is 0 Å². The summed E-state index contributed by atoms with van der Waals surface area (Å²) in [5, 5.41) is 9.45. The van der Waals surface area contributed by atoms with Crippen molar-refractivity contribution >= 4 is 11.7 Å². The Labute approximate surface area is 135 Å². The average Bonchev–Trinajstić information content (AvgIpc) is 3.21. The van der Waals surface area contributed by atoms with Gasteiger partial charge in [-0.1, -0.05) is 0 Å². The molecular weight excluding hydrogens is 292 g/mol. The summed E-state index contributed by atoms with van der Waals surface area (Å²) < 4.78 is 0. The van der Waals surface area contributed by atoms with Crippen LogP contribution in [0.1, 0.15) is 42.4 Å². The van der Waals surface area contributed by atoms with E-state index in [0.29, 0.717) is 24.0 Å². The Morgan fingerprint density at radius 3 is 2.78 bits per heavy atom. The lowest BCUT2D eigenvalue weighted by molar-refractivity contribution is -0.128. The fraction of sp³-hybridized carbons (Fsp3) is 0.588. The van der Waals surface area contributed by atoms with E-state index in [4.69, 9.17) is 0 Å². The van der Waals surface area contributed by atoms with Crippen LogP contribution in [0.3, 0.4) is 0 Å². The number of nitriles is 1. The number of hydrogen-bond donors (Lipinski definition) is 0. The molecule has 2 atom stereocenters. The average molecular weight is 312 g/mol. The maximum atomic E-state index is 12.7. The molecule has 1 saturated heterocycles. The van der Waals surface area contributed by atoms with Crippen LogP contribution in [0.4, 0.5) is 0 Å². The minimum Gasteiger partial charge on any atom is -0.342 e. The molecule has 3 rings (SSSR count). The van der Waals surface area contributed by atoms with Crippen molar-refractivity contribution in [3.05, 3.63) is 23.3 Å². The lowest BCUT2D eigenvalue weighted by Crippen LogP contribution is -2.29. The predicted octanol–water partition coefficient (Wildman–Crippen LogP) is 1.53. The summed E-state index contributed by atoms with van der Waals surface area (Å²) in [5.74, 6) is -0.341. The third-order valence-corrected chi connectivity index (χ3v) is 4.49. The predicted molar refractivity (Wildman–Crippen MR) is 82.3 cm³/mol. The van der Waals surface area contributed by atoms with Gasteiger partial charge in [0.2, 0.25) is 5.91 Å². The summed E-state index contributed by atoms with van der Waals surface area (Å²) >= 11 is 0. The van der Waals surface area contributed by atoms with Crippen LogP contribution >= 0.6 is 0 Å². The number of rotatable bonds is 5. The quantitative estimate of drug-likeness (QED) is 0.823. The summed E-state index contributed by atoms with van der Waals surface area (Å²) in [6, 6.07) is 3.74. The molecule has 0 N–H and O–H groups in total. The molecule has 0 radical (unpaired) electrons. The van der Waals surface area contributed by atoms with E-state index in [1.807, 2.05) is 6.92 Å². The third kappa shape index (κ3) is 3.39. The highest BCUT2D eigenvalue weighted by atomic mass is 16.2. The molecule has 2 aliphatic rings. The molecule has 0 unspecified atom stereocenters. The molecule has 1 aromatic rings. The van der Waals surface area contributed by atoms with Gasteiger partial charge in [-0.15, -0.1) is 0 Å².